The molecular formula is C11H16Br2N2O2S. The van der Waals surface area contributed by atoms with Crippen molar-refractivity contribution in [3.63, 3.8) is 0 Å². The summed E-state index contributed by atoms with van der Waals surface area (Å²) in [6, 6.07) is 5.76. The monoisotopic (exact) mass is 398 g/mol. The van der Waals surface area contributed by atoms with Gasteiger partial charge < -0.3 is 0 Å². The van der Waals surface area contributed by atoms with E-state index >= 15 is 0 Å². The first kappa shape index (κ1) is 16.1. The lowest BCUT2D eigenvalue weighted by molar-refractivity contribution is 0.506. The molecule has 7 heteroatoms. The fourth-order valence-corrected chi connectivity index (χ4v) is 3.25. The summed E-state index contributed by atoms with van der Waals surface area (Å²) in [7, 11) is -2.92. The molecule has 1 aromatic rings. The predicted octanol–water partition coefficient (Wildman–Crippen LogP) is 2.54. The van der Waals surface area contributed by atoms with Crippen molar-refractivity contribution < 1.29 is 8.42 Å². The number of halogens is 2. The molecule has 1 rings (SSSR count). The average Bonchev–Trinajstić information content (AvgIpc) is 2.27. The first-order valence-corrected chi connectivity index (χ1v) is 9.07. The fraction of sp³-hybridized carbons (Fsp3) is 0.455. The normalized spacial score (nSPS) is 13.6. The van der Waals surface area contributed by atoms with Crippen LogP contribution in [-0.4, -0.2) is 20.4 Å². The van der Waals surface area contributed by atoms with Crippen molar-refractivity contribution in [2.75, 3.05) is 12.0 Å². The van der Waals surface area contributed by atoms with Crippen molar-refractivity contribution in [1.29, 1.82) is 0 Å². The summed E-state index contributed by atoms with van der Waals surface area (Å²) in [6.07, 6.45) is 2.48. The summed E-state index contributed by atoms with van der Waals surface area (Å²) >= 11 is 6.88. The van der Waals surface area contributed by atoms with E-state index in [4.69, 9.17) is 5.84 Å². The predicted molar refractivity (Wildman–Crippen MR) is 80.9 cm³/mol. The molecule has 3 N–H and O–H groups in total. The highest BCUT2D eigenvalue weighted by atomic mass is 79.9. The number of nitrogens with one attached hydrogen (secondary N) is 1. The van der Waals surface area contributed by atoms with Gasteiger partial charge in [0.15, 0.2) is 0 Å². The molecule has 0 aliphatic heterocycles. The minimum atomic E-state index is -2.92. The first-order valence-electron chi connectivity index (χ1n) is 5.42. The molecule has 0 spiro atoms. The van der Waals surface area contributed by atoms with Crippen LogP contribution in [0.4, 0.5) is 0 Å². The summed E-state index contributed by atoms with van der Waals surface area (Å²) in [5.74, 6) is 5.72. The first-order chi connectivity index (χ1) is 8.33. The Labute approximate surface area is 124 Å². The maximum Gasteiger partial charge on any atom is 0.147 e. The summed E-state index contributed by atoms with van der Waals surface area (Å²) in [5, 5.41) is 0. The Balaban J connectivity index is 2.74. The standard InChI is InChI=1S/C11H16Br2N2O2S/c1-18(16,17)6-2-3-11(15-14)9-7-8(12)4-5-10(9)13/h4-5,7,11,15H,2-3,6,14H2,1H3. The molecule has 0 heterocycles. The number of nitrogens with two attached hydrogens (primary N) is 1. The zero-order valence-corrected chi connectivity index (χ0v) is 14.0. The van der Waals surface area contributed by atoms with Crippen molar-refractivity contribution in [2.45, 2.75) is 18.9 Å². The lowest BCUT2D eigenvalue weighted by Gasteiger charge is -2.18. The molecule has 1 atom stereocenters. The van der Waals surface area contributed by atoms with Crippen LogP contribution in [0.3, 0.4) is 0 Å². The number of sulfone groups is 1. The highest BCUT2D eigenvalue weighted by Crippen LogP contribution is 2.29. The maximum atomic E-state index is 11.1. The zero-order chi connectivity index (χ0) is 13.8. The quantitative estimate of drug-likeness (QED) is 0.569. The molecule has 1 unspecified atom stereocenters. The topological polar surface area (TPSA) is 72.2 Å². The number of hydrogen-bond acceptors (Lipinski definition) is 4. The second-order valence-electron chi connectivity index (χ2n) is 4.16. The van der Waals surface area contributed by atoms with Gasteiger partial charge in [0.1, 0.15) is 9.84 Å². The minimum absolute atomic E-state index is 0.0707. The Morgan fingerprint density at radius 1 is 1.39 bits per heavy atom. The van der Waals surface area contributed by atoms with E-state index in [-0.39, 0.29) is 11.8 Å². The van der Waals surface area contributed by atoms with Crippen LogP contribution in [0.1, 0.15) is 24.4 Å². The number of hydrogen-bond donors (Lipinski definition) is 2. The van der Waals surface area contributed by atoms with Gasteiger partial charge in [-0.3, -0.25) is 11.3 Å². The lowest BCUT2D eigenvalue weighted by Crippen LogP contribution is -2.28. The highest BCUT2D eigenvalue weighted by Gasteiger charge is 2.14. The Morgan fingerprint density at radius 2 is 2.06 bits per heavy atom. The van der Waals surface area contributed by atoms with Crippen molar-refractivity contribution in [3.8, 4) is 0 Å². The lowest BCUT2D eigenvalue weighted by atomic mass is 10.0. The molecule has 0 aliphatic carbocycles. The summed E-state index contributed by atoms with van der Waals surface area (Å²) < 4.78 is 24.1. The smallest absolute Gasteiger partial charge is 0.147 e. The van der Waals surface area contributed by atoms with Gasteiger partial charge in [-0.05, 0) is 36.6 Å². The fourth-order valence-electron chi connectivity index (χ4n) is 1.66. The van der Waals surface area contributed by atoms with Crippen molar-refractivity contribution in [2.24, 2.45) is 5.84 Å². The molecule has 0 amide bonds. The molecular weight excluding hydrogens is 384 g/mol. The molecule has 1 aromatic carbocycles. The molecule has 0 aromatic heterocycles. The van der Waals surface area contributed by atoms with Gasteiger partial charge in [-0.1, -0.05) is 31.9 Å². The molecule has 0 fully saturated rings. The van der Waals surface area contributed by atoms with Crippen LogP contribution in [0.15, 0.2) is 27.1 Å². The molecule has 0 radical (unpaired) electrons. The van der Waals surface area contributed by atoms with Crippen LogP contribution < -0.4 is 11.3 Å². The van der Waals surface area contributed by atoms with E-state index < -0.39 is 9.84 Å². The average molecular weight is 400 g/mol. The third-order valence-corrected chi connectivity index (χ3v) is 4.79. The van der Waals surface area contributed by atoms with E-state index in [1.165, 1.54) is 6.26 Å². The van der Waals surface area contributed by atoms with E-state index in [9.17, 15) is 8.42 Å². The van der Waals surface area contributed by atoms with E-state index in [2.05, 4.69) is 37.3 Å². The van der Waals surface area contributed by atoms with E-state index in [0.29, 0.717) is 12.8 Å². The summed E-state index contributed by atoms with van der Waals surface area (Å²) in [5.41, 5.74) is 3.74. The Morgan fingerprint density at radius 3 is 2.61 bits per heavy atom. The molecule has 18 heavy (non-hydrogen) atoms. The Bertz CT molecular complexity index is 506. The number of benzene rings is 1. The van der Waals surface area contributed by atoms with E-state index in [0.717, 1.165) is 14.5 Å². The second kappa shape index (κ2) is 7.00. The number of hydrazine groups is 1. The van der Waals surface area contributed by atoms with Crippen LogP contribution >= 0.6 is 31.9 Å². The van der Waals surface area contributed by atoms with Crippen molar-refractivity contribution in [3.05, 3.63) is 32.7 Å². The van der Waals surface area contributed by atoms with Crippen molar-refractivity contribution >= 4 is 41.7 Å². The van der Waals surface area contributed by atoms with Gasteiger partial charge in [-0.25, -0.2) is 8.42 Å². The molecule has 0 saturated carbocycles. The van der Waals surface area contributed by atoms with Gasteiger partial charge >= 0.3 is 0 Å². The van der Waals surface area contributed by atoms with Crippen molar-refractivity contribution in [1.82, 2.24) is 5.43 Å². The summed E-state index contributed by atoms with van der Waals surface area (Å²) in [6.45, 7) is 0. The zero-order valence-electron chi connectivity index (χ0n) is 9.99. The molecule has 0 aliphatic rings. The van der Waals surface area contributed by atoms with Gasteiger partial charge in [0.05, 0.1) is 0 Å². The van der Waals surface area contributed by atoms with Gasteiger partial charge in [-0.2, -0.15) is 0 Å². The van der Waals surface area contributed by atoms with Gasteiger partial charge in [0.25, 0.3) is 0 Å². The van der Waals surface area contributed by atoms with Crippen LogP contribution in [0.5, 0.6) is 0 Å². The summed E-state index contributed by atoms with van der Waals surface area (Å²) in [4.78, 5) is 0. The Kier molecular flexibility index (Phi) is 6.26. The minimum Gasteiger partial charge on any atom is -0.271 e. The Hall–Kier alpha value is 0.0500. The molecule has 4 nitrogen and oxygen atoms in total. The van der Waals surface area contributed by atoms with E-state index in [1.54, 1.807) is 0 Å². The van der Waals surface area contributed by atoms with Crippen LogP contribution in [0, 0.1) is 0 Å². The maximum absolute atomic E-state index is 11.1. The molecule has 0 saturated heterocycles. The molecule has 102 valence electrons. The largest absolute Gasteiger partial charge is 0.271 e. The van der Waals surface area contributed by atoms with E-state index in [1.807, 2.05) is 18.2 Å². The van der Waals surface area contributed by atoms with Crippen LogP contribution in [-0.2, 0) is 9.84 Å². The molecule has 0 bridgehead atoms. The highest BCUT2D eigenvalue weighted by molar-refractivity contribution is 9.11. The third-order valence-electron chi connectivity index (χ3n) is 2.54. The van der Waals surface area contributed by atoms with Gasteiger partial charge in [0, 0.05) is 27.0 Å². The van der Waals surface area contributed by atoms with Crippen LogP contribution in [0.25, 0.3) is 0 Å². The van der Waals surface area contributed by atoms with Gasteiger partial charge in [-0.15, -0.1) is 0 Å². The SMILES string of the molecule is CS(=O)(=O)CCCC(NN)c1cc(Br)ccc1Br. The third kappa shape index (κ3) is 5.36. The van der Waals surface area contributed by atoms with Crippen LogP contribution in [0.2, 0.25) is 0 Å². The second-order valence-corrected chi connectivity index (χ2v) is 8.19. The number of rotatable bonds is 6. The van der Waals surface area contributed by atoms with Gasteiger partial charge in [0.2, 0.25) is 0 Å².